The number of fused-ring (bicyclic) bond motifs is 1. The van der Waals surface area contributed by atoms with Gasteiger partial charge in [-0.25, -0.2) is 12.4 Å². The maximum absolute atomic E-state index is 13.0. The first-order valence-electron chi connectivity index (χ1n) is 7.79. The Balaban J connectivity index is 1.93. The first-order chi connectivity index (χ1) is 12.4. The van der Waals surface area contributed by atoms with Crippen LogP contribution in [-0.4, -0.2) is 22.5 Å². The Kier molecular flexibility index (Phi) is 3.86. The fraction of sp³-hybridized carbons (Fsp3) is 0.111. The molecule has 0 N–H and O–H groups in total. The highest BCUT2D eigenvalue weighted by atomic mass is 35.5. The molecule has 132 valence electrons. The summed E-state index contributed by atoms with van der Waals surface area (Å²) in [7, 11) is -3.80. The Morgan fingerprint density at radius 3 is 2.65 bits per heavy atom. The molecule has 6 nitrogen and oxygen atoms in total. The van der Waals surface area contributed by atoms with Gasteiger partial charge in [-0.2, -0.15) is 0 Å². The zero-order chi connectivity index (χ0) is 18.5. The second-order valence-electron chi connectivity index (χ2n) is 5.90. The normalized spacial score (nSPS) is 12.0. The molecule has 0 aliphatic heterocycles. The molecular weight excluding hydrogens is 374 g/mol. The van der Waals surface area contributed by atoms with Crippen LogP contribution in [0.2, 0.25) is 5.02 Å². The Labute approximate surface area is 155 Å². The smallest absolute Gasteiger partial charge is 0.268 e. The van der Waals surface area contributed by atoms with Gasteiger partial charge in [-0.1, -0.05) is 22.8 Å². The molecular formula is C18H14ClN3O3S. The monoisotopic (exact) mass is 387 g/mol. The van der Waals surface area contributed by atoms with Gasteiger partial charge in [0.15, 0.2) is 0 Å². The van der Waals surface area contributed by atoms with E-state index in [1.54, 1.807) is 37.4 Å². The molecule has 0 aliphatic rings. The zero-order valence-electron chi connectivity index (χ0n) is 14.0. The minimum atomic E-state index is -3.80. The van der Waals surface area contributed by atoms with E-state index in [0.717, 1.165) is 16.8 Å². The van der Waals surface area contributed by atoms with Crippen molar-refractivity contribution in [2.24, 2.45) is 0 Å². The van der Waals surface area contributed by atoms with Gasteiger partial charge < -0.3 is 4.52 Å². The number of halogens is 1. The Hall–Kier alpha value is -2.64. The molecule has 0 saturated carbocycles. The number of pyridine rings is 1. The summed E-state index contributed by atoms with van der Waals surface area (Å²) in [5, 5.41) is 4.30. The predicted octanol–water partition coefficient (Wildman–Crippen LogP) is 4.20. The molecule has 3 aromatic heterocycles. The highest BCUT2D eigenvalue weighted by Crippen LogP contribution is 2.30. The topological polar surface area (TPSA) is 78.0 Å². The number of nitrogens with zero attached hydrogens (tertiary/aromatic N) is 3. The summed E-state index contributed by atoms with van der Waals surface area (Å²) < 4.78 is 32.5. The van der Waals surface area contributed by atoms with E-state index in [9.17, 15) is 8.42 Å². The van der Waals surface area contributed by atoms with Gasteiger partial charge in [0, 0.05) is 28.5 Å². The van der Waals surface area contributed by atoms with E-state index in [0.29, 0.717) is 21.8 Å². The summed E-state index contributed by atoms with van der Waals surface area (Å²) in [6.45, 7) is 3.64. The van der Waals surface area contributed by atoms with E-state index in [-0.39, 0.29) is 4.90 Å². The van der Waals surface area contributed by atoms with Gasteiger partial charge >= 0.3 is 0 Å². The van der Waals surface area contributed by atoms with Crippen LogP contribution in [-0.2, 0) is 10.0 Å². The molecule has 0 saturated heterocycles. The number of aromatic nitrogens is 3. The molecule has 26 heavy (non-hydrogen) atoms. The summed E-state index contributed by atoms with van der Waals surface area (Å²) in [6, 6.07) is 9.61. The second kappa shape index (κ2) is 5.96. The summed E-state index contributed by atoms with van der Waals surface area (Å²) >= 11 is 5.95. The maximum Gasteiger partial charge on any atom is 0.268 e. The minimum absolute atomic E-state index is 0.116. The van der Waals surface area contributed by atoms with Crippen molar-refractivity contribution in [3.63, 3.8) is 0 Å². The van der Waals surface area contributed by atoms with Crippen LogP contribution in [0.15, 0.2) is 58.2 Å². The standard InChI is InChI=1S/C18H14ClN3O3S/c1-11-18(12(2)25-21-11)13-8-17-16(20-10-13)6-7-22(17)26(23,24)15-5-3-4-14(19)9-15/h3-10H,1-2H3. The summed E-state index contributed by atoms with van der Waals surface area (Å²) in [6.07, 6.45) is 3.18. The summed E-state index contributed by atoms with van der Waals surface area (Å²) in [4.78, 5) is 4.50. The molecule has 8 heteroatoms. The van der Waals surface area contributed by atoms with Crippen molar-refractivity contribution in [2.75, 3.05) is 0 Å². The molecule has 0 bridgehead atoms. The van der Waals surface area contributed by atoms with Gasteiger partial charge in [-0.05, 0) is 44.2 Å². The Bertz CT molecular complexity index is 1220. The van der Waals surface area contributed by atoms with Crippen molar-refractivity contribution in [1.82, 2.24) is 14.1 Å². The number of benzene rings is 1. The van der Waals surface area contributed by atoms with E-state index in [2.05, 4.69) is 10.1 Å². The fourth-order valence-electron chi connectivity index (χ4n) is 2.97. The van der Waals surface area contributed by atoms with Crippen molar-refractivity contribution >= 4 is 32.7 Å². The second-order valence-corrected chi connectivity index (χ2v) is 8.15. The van der Waals surface area contributed by atoms with Crippen LogP contribution in [0.5, 0.6) is 0 Å². The lowest BCUT2D eigenvalue weighted by molar-refractivity contribution is 0.393. The van der Waals surface area contributed by atoms with Crippen molar-refractivity contribution in [3.8, 4) is 11.1 Å². The molecule has 4 rings (SSSR count). The van der Waals surface area contributed by atoms with E-state index < -0.39 is 10.0 Å². The van der Waals surface area contributed by atoms with Crippen LogP contribution in [0.3, 0.4) is 0 Å². The van der Waals surface area contributed by atoms with Crippen LogP contribution in [0, 0.1) is 13.8 Å². The third kappa shape index (κ3) is 2.60. The Morgan fingerprint density at radius 2 is 1.96 bits per heavy atom. The highest BCUT2D eigenvalue weighted by Gasteiger charge is 2.21. The number of hydrogen-bond donors (Lipinski definition) is 0. The molecule has 0 spiro atoms. The molecule has 0 amide bonds. The Morgan fingerprint density at radius 1 is 1.15 bits per heavy atom. The van der Waals surface area contributed by atoms with Crippen LogP contribution >= 0.6 is 11.6 Å². The van der Waals surface area contributed by atoms with Crippen LogP contribution in [0.25, 0.3) is 22.2 Å². The molecule has 1 aromatic carbocycles. The lowest BCUT2D eigenvalue weighted by atomic mass is 10.1. The SMILES string of the molecule is Cc1noc(C)c1-c1cnc2ccn(S(=O)(=O)c3cccc(Cl)c3)c2c1. The molecule has 0 radical (unpaired) electrons. The molecule has 3 heterocycles. The van der Waals surface area contributed by atoms with Crippen LogP contribution in [0.1, 0.15) is 11.5 Å². The quantitative estimate of drug-likeness (QED) is 0.526. The largest absolute Gasteiger partial charge is 0.361 e. The first-order valence-corrected chi connectivity index (χ1v) is 9.61. The molecule has 0 fully saturated rings. The summed E-state index contributed by atoms with van der Waals surface area (Å²) in [5.41, 5.74) is 3.33. The molecule has 4 aromatic rings. The van der Waals surface area contributed by atoms with Crippen molar-refractivity contribution in [3.05, 3.63) is 65.3 Å². The number of rotatable bonds is 3. The average molecular weight is 388 g/mol. The van der Waals surface area contributed by atoms with Crippen LogP contribution in [0.4, 0.5) is 0 Å². The lowest BCUT2D eigenvalue weighted by Crippen LogP contribution is -2.11. The van der Waals surface area contributed by atoms with Gasteiger partial charge in [0.25, 0.3) is 10.0 Å². The third-order valence-electron chi connectivity index (χ3n) is 4.18. The van der Waals surface area contributed by atoms with E-state index >= 15 is 0 Å². The van der Waals surface area contributed by atoms with Gasteiger partial charge in [-0.15, -0.1) is 0 Å². The molecule has 0 atom stereocenters. The van der Waals surface area contributed by atoms with Gasteiger partial charge in [-0.3, -0.25) is 4.98 Å². The number of hydrogen-bond acceptors (Lipinski definition) is 5. The van der Waals surface area contributed by atoms with Crippen LogP contribution < -0.4 is 0 Å². The number of aryl methyl sites for hydroxylation is 2. The third-order valence-corrected chi connectivity index (χ3v) is 6.10. The molecule has 0 unspecified atom stereocenters. The van der Waals surface area contributed by atoms with E-state index in [1.807, 2.05) is 6.92 Å². The first kappa shape index (κ1) is 16.8. The lowest BCUT2D eigenvalue weighted by Gasteiger charge is -2.09. The predicted molar refractivity (Wildman–Crippen MR) is 98.7 cm³/mol. The summed E-state index contributed by atoms with van der Waals surface area (Å²) in [5.74, 6) is 0.652. The highest BCUT2D eigenvalue weighted by molar-refractivity contribution is 7.90. The zero-order valence-corrected chi connectivity index (χ0v) is 15.5. The minimum Gasteiger partial charge on any atom is -0.361 e. The van der Waals surface area contributed by atoms with Crippen molar-refractivity contribution < 1.29 is 12.9 Å². The maximum atomic E-state index is 13.0. The van der Waals surface area contributed by atoms with Gasteiger partial charge in [0.1, 0.15) is 5.76 Å². The average Bonchev–Trinajstić information content (AvgIpc) is 3.18. The van der Waals surface area contributed by atoms with Gasteiger partial charge in [0.2, 0.25) is 0 Å². The molecule has 0 aliphatic carbocycles. The van der Waals surface area contributed by atoms with E-state index in [4.69, 9.17) is 16.1 Å². The van der Waals surface area contributed by atoms with Crippen molar-refractivity contribution in [2.45, 2.75) is 18.7 Å². The van der Waals surface area contributed by atoms with E-state index in [1.165, 1.54) is 22.3 Å². The fourth-order valence-corrected chi connectivity index (χ4v) is 4.60. The van der Waals surface area contributed by atoms with Gasteiger partial charge in [0.05, 0.1) is 21.6 Å². The van der Waals surface area contributed by atoms with Crippen molar-refractivity contribution in [1.29, 1.82) is 0 Å².